The zero-order chi connectivity index (χ0) is 26.1. The van der Waals surface area contributed by atoms with Crippen LogP contribution in [0.3, 0.4) is 0 Å². The van der Waals surface area contributed by atoms with Gasteiger partial charge in [0.1, 0.15) is 18.1 Å². The molecule has 2 unspecified atom stereocenters. The average Bonchev–Trinajstić information content (AvgIpc) is 2.79. The molecule has 0 amide bonds. The van der Waals surface area contributed by atoms with E-state index in [4.69, 9.17) is 15.0 Å². The summed E-state index contributed by atoms with van der Waals surface area (Å²) in [6.07, 6.45) is -8.57. The Bertz CT molecular complexity index is 955. The van der Waals surface area contributed by atoms with E-state index in [1.807, 2.05) is 0 Å². The summed E-state index contributed by atoms with van der Waals surface area (Å²) in [6, 6.07) is 8.79. The molecule has 0 fully saturated rings. The van der Waals surface area contributed by atoms with Gasteiger partial charge in [0.25, 0.3) is 0 Å². The minimum Gasteiger partial charge on any atom is -0.493 e. The van der Waals surface area contributed by atoms with Crippen LogP contribution in [0, 0.1) is 0 Å². The van der Waals surface area contributed by atoms with E-state index in [-0.39, 0.29) is 37.6 Å². The molecule has 2 aromatic rings. The van der Waals surface area contributed by atoms with Gasteiger partial charge >= 0.3 is 21.2 Å². The van der Waals surface area contributed by atoms with Gasteiger partial charge in [0.05, 0.1) is 24.3 Å². The molecule has 0 aliphatic rings. The Morgan fingerprint density at radius 1 is 0.943 bits per heavy atom. The summed E-state index contributed by atoms with van der Waals surface area (Å²) in [7, 11) is -1.07. The Balaban J connectivity index is 1.96. The van der Waals surface area contributed by atoms with Crippen LogP contribution in [-0.4, -0.2) is 36.8 Å². The number of aliphatic hydroxyl groups excluding tert-OH is 1. The quantitative estimate of drug-likeness (QED) is 0.211. The molecule has 2 aromatic carbocycles. The molecule has 0 aliphatic heterocycles. The smallest absolute Gasteiger partial charge is 0.493 e. The van der Waals surface area contributed by atoms with Crippen LogP contribution in [0.25, 0.3) is 0 Å². The van der Waals surface area contributed by atoms with E-state index >= 15 is 0 Å². The second kappa shape index (κ2) is 12.5. The van der Waals surface area contributed by atoms with E-state index in [0.29, 0.717) is 24.0 Å². The second-order valence-corrected chi connectivity index (χ2v) is 8.32. The SMILES string of the molecule is NC(CO)(CCc1ccc(OCCCc2ccc(OC(F)(F)F)cc2)c(C(F)(F)F)c1)CO[PH+]=O. The molecule has 0 saturated carbocycles. The zero-order valence-electron chi connectivity index (χ0n) is 18.4. The van der Waals surface area contributed by atoms with Gasteiger partial charge in [-0.2, -0.15) is 13.2 Å². The molecule has 0 spiro atoms. The van der Waals surface area contributed by atoms with Gasteiger partial charge in [-0.1, -0.05) is 18.2 Å². The van der Waals surface area contributed by atoms with Gasteiger partial charge in [0.15, 0.2) is 0 Å². The standard InChI is InChI=1S/C22H25F6NO5P/c23-21(24,25)18-12-16(9-10-20(29,13-30)14-33-35-31)5-8-19(18)32-11-1-2-15-3-6-17(7-4-15)34-22(26,27)28/h3-8,12,30,35H,1-2,9-11,13-14,29H2/q+1. The van der Waals surface area contributed by atoms with Crippen LogP contribution in [0.2, 0.25) is 0 Å². The van der Waals surface area contributed by atoms with Gasteiger partial charge in [-0.3, -0.25) is 0 Å². The summed E-state index contributed by atoms with van der Waals surface area (Å²) in [5, 5.41) is 9.42. The molecule has 0 heterocycles. The summed E-state index contributed by atoms with van der Waals surface area (Å²) < 4.78 is 102. The minimum absolute atomic E-state index is 0.0486. The van der Waals surface area contributed by atoms with Gasteiger partial charge in [-0.15, -0.1) is 17.7 Å². The lowest BCUT2D eigenvalue weighted by Gasteiger charge is -2.24. The number of aryl methyl sites for hydroxylation is 2. The Morgan fingerprint density at radius 3 is 2.17 bits per heavy atom. The number of hydrogen-bond donors (Lipinski definition) is 2. The predicted octanol–water partition coefficient (Wildman–Crippen LogP) is 5.19. The molecular formula is C22H25F6NO5P+. The third-order valence-electron chi connectivity index (χ3n) is 5.02. The van der Waals surface area contributed by atoms with Crippen molar-refractivity contribution >= 4 is 8.69 Å². The molecule has 13 heteroatoms. The molecule has 2 atom stereocenters. The number of aliphatic hydroxyl groups is 1. The Morgan fingerprint density at radius 2 is 1.60 bits per heavy atom. The fourth-order valence-electron chi connectivity index (χ4n) is 3.16. The van der Waals surface area contributed by atoms with Crippen molar-refractivity contribution in [1.82, 2.24) is 0 Å². The van der Waals surface area contributed by atoms with Crippen molar-refractivity contribution in [2.45, 2.75) is 43.8 Å². The summed E-state index contributed by atoms with van der Waals surface area (Å²) in [5.74, 6) is -0.719. The number of hydrogen-bond acceptors (Lipinski definition) is 6. The summed E-state index contributed by atoms with van der Waals surface area (Å²) in [5.41, 5.74) is 4.71. The molecule has 0 saturated heterocycles. The third-order valence-corrected chi connectivity index (χ3v) is 5.28. The highest BCUT2D eigenvalue weighted by Crippen LogP contribution is 2.37. The molecule has 6 nitrogen and oxygen atoms in total. The molecule has 0 radical (unpaired) electrons. The maximum atomic E-state index is 13.6. The third kappa shape index (κ3) is 10.0. The first-order valence-corrected chi connectivity index (χ1v) is 11.2. The molecule has 35 heavy (non-hydrogen) atoms. The monoisotopic (exact) mass is 528 g/mol. The van der Waals surface area contributed by atoms with Crippen molar-refractivity contribution in [2.75, 3.05) is 19.8 Å². The lowest BCUT2D eigenvalue weighted by Crippen LogP contribution is -2.47. The van der Waals surface area contributed by atoms with Crippen LogP contribution >= 0.6 is 8.69 Å². The molecule has 194 valence electrons. The van der Waals surface area contributed by atoms with Gasteiger partial charge in [-0.05, 0) is 65.6 Å². The van der Waals surface area contributed by atoms with Crippen LogP contribution in [0.5, 0.6) is 11.5 Å². The van der Waals surface area contributed by atoms with Crippen molar-refractivity contribution in [2.24, 2.45) is 5.73 Å². The molecular weight excluding hydrogens is 503 g/mol. The van der Waals surface area contributed by atoms with E-state index < -0.39 is 38.9 Å². The Hall–Kier alpha value is -2.40. The van der Waals surface area contributed by atoms with Crippen molar-refractivity contribution in [3.05, 3.63) is 59.2 Å². The van der Waals surface area contributed by atoms with Crippen LogP contribution in [0.4, 0.5) is 26.3 Å². The number of halogens is 6. The van der Waals surface area contributed by atoms with Crippen molar-refractivity contribution in [3.8, 4) is 11.5 Å². The van der Waals surface area contributed by atoms with Crippen molar-refractivity contribution in [1.29, 1.82) is 0 Å². The molecule has 0 bridgehead atoms. The maximum Gasteiger partial charge on any atom is 0.573 e. The zero-order valence-corrected chi connectivity index (χ0v) is 19.4. The first kappa shape index (κ1) is 28.8. The second-order valence-electron chi connectivity index (χ2n) is 7.86. The average molecular weight is 528 g/mol. The fraction of sp³-hybridized carbons (Fsp3) is 0.455. The largest absolute Gasteiger partial charge is 0.573 e. The van der Waals surface area contributed by atoms with Crippen LogP contribution < -0.4 is 15.2 Å². The first-order chi connectivity index (χ1) is 16.3. The number of alkyl halides is 6. The van der Waals surface area contributed by atoms with Gasteiger partial charge in [0.2, 0.25) is 0 Å². The minimum atomic E-state index is -4.79. The lowest BCUT2D eigenvalue weighted by molar-refractivity contribution is -0.274. The highest BCUT2D eigenvalue weighted by atomic mass is 31.1. The van der Waals surface area contributed by atoms with Crippen LogP contribution in [-0.2, 0) is 28.1 Å². The Kier molecular flexibility index (Phi) is 10.3. The highest BCUT2D eigenvalue weighted by Gasteiger charge is 2.35. The summed E-state index contributed by atoms with van der Waals surface area (Å²) in [4.78, 5) is 0. The van der Waals surface area contributed by atoms with E-state index in [0.717, 1.165) is 18.2 Å². The highest BCUT2D eigenvalue weighted by molar-refractivity contribution is 7.17. The van der Waals surface area contributed by atoms with Crippen LogP contribution in [0.15, 0.2) is 42.5 Å². The first-order valence-electron chi connectivity index (χ1n) is 10.4. The molecule has 3 N–H and O–H groups in total. The molecule has 0 aliphatic carbocycles. The van der Waals surface area contributed by atoms with Gasteiger partial charge in [-0.25, -0.2) is 0 Å². The van der Waals surface area contributed by atoms with Gasteiger partial charge in [0, 0.05) is 0 Å². The van der Waals surface area contributed by atoms with E-state index in [1.54, 1.807) is 0 Å². The predicted molar refractivity (Wildman–Crippen MR) is 116 cm³/mol. The van der Waals surface area contributed by atoms with E-state index in [1.165, 1.54) is 24.3 Å². The van der Waals surface area contributed by atoms with Crippen molar-refractivity contribution in [3.63, 3.8) is 0 Å². The van der Waals surface area contributed by atoms with E-state index in [2.05, 4.69) is 4.74 Å². The maximum absolute atomic E-state index is 13.6. The summed E-state index contributed by atoms with van der Waals surface area (Å²) >= 11 is 0. The fourth-order valence-corrected chi connectivity index (χ4v) is 3.51. The lowest BCUT2D eigenvalue weighted by atomic mass is 9.93. The molecule has 2 rings (SSSR count). The van der Waals surface area contributed by atoms with Gasteiger partial charge < -0.3 is 20.3 Å². The topological polar surface area (TPSA) is 91.0 Å². The van der Waals surface area contributed by atoms with Crippen molar-refractivity contribution < 1.29 is 50.0 Å². The normalized spacial score (nSPS) is 14.1. The van der Waals surface area contributed by atoms with E-state index in [9.17, 15) is 36.0 Å². The Labute approximate surface area is 199 Å². The number of nitrogens with two attached hydrogens (primary N) is 1. The number of rotatable bonds is 13. The van der Waals surface area contributed by atoms with Crippen LogP contribution in [0.1, 0.15) is 29.5 Å². The number of ether oxygens (including phenoxy) is 2. The summed E-state index contributed by atoms with van der Waals surface area (Å²) in [6.45, 7) is -0.757. The molecule has 0 aromatic heterocycles. The number of benzene rings is 2.